The smallest absolute Gasteiger partial charge is 0.327 e. The molecule has 22 heavy (non-hydrogen) atoms. The Hall–Kier alpha value is -1.85. The van der Waals surface area contributed by atoms with Gasteiger partial charge in [-0.1, -0.05) is 39.7 Å². The molecule has 0 spiro atoms. The minimum atomic E-state index is -0.137. The predicted octanol–water partition coefficient (Wildman–Crippen LogP) is 4.31. The van der Waals surface area contributed by atoms with Gasteiger partial charge in [0.2, 0.25) is 0 Å². The molecule has 1 unspecified atom stereocenters. The number of nitrogens with one attached hydrogen (secondary N) is 1. The fourth-order valence-electron chi connectivity index (χ4n) is 2.80. The molecule has 6 heteroatoms. The van der Waals surface area contributed by atoms with Crippen molar-refractivity contribution in [3.63, 3.8) is 0 Å². The molecule has 110 valence electrons. The Morgan fingerprint density at radius 1 is 1.23 bits per heavy atom. The first kappa shape index (κ1) is 13.8. The highest BCUT2D eigenvalue weighted by Gasteiger charge is 2.32. The number of imidazole rings is 1. The zero-order valence-electron chi connectivity index (χ0n) is 11.4. The van der Waals surface area contributed by atoms with E-state index in [0.717, 1.165) is 26.9 Å². The number of nitrogens with zero attached hydrogens (tertiary/aromatic N) is 2. The predicted molar refractivity (Wildman–Crippen MR) is 89.3 cm³/mol. The number of fused-ring (bicyclic) bond motifs is 3. The van der Waals surface area contributed by atoms with Crippen LogP contribution < -0.4 is 5.32 Å². The summed E-state index contributed by atoms with van der Waals surface area (Å²) < 4.78 is 2.67. The highest BCUT2D eigenvalue weighted by molar-refractivity contribution is 9.10. The molecule has 0 aliphatic carbocycles. The Balaban J connectivity index is 1.75. The normalized spacial score (nSPS) is 16.8. The third-order valence-corrected chi connectivity index (χ3v) is 4.57. The zero-order valence-corrected chi connectivity index (χ0v) is 13.7. The van der Waals surface area contributed by atoms with Gasteiger partial charge in [0, 0.05) is 9.50 Å². The van der Waals surface area contributed by atoms with Gasteiger partial charge in [-0.2, -0.15) is 0 Å². The van der Waals surface area contributed by atoms with Gasteiger partial charge < -0.3 is 5.32 Å². The molecule has 2 aromatic carbocycles. The summed E-state index contributed by atoms with van der Waals surface area (Å²) in [6, 6.07) is 13.2. The highest BCUT2D eigenvalue weighted by Crippen LogP contribution is 2.29. The standard InChI is InChI=1S/C16H11BrClN3O/c17-10-3-1-9(2-4-10)7-13-15-19-12-8-11(18)5-6-14(12)21(15)16(22)20-13/h1-6,8,13H,7H2,(H,20,22). The summed E-state index contributed by atoms with van der Waals surface area (Å²) in [5.74, 6) is 0.741. The van der Waals surface area contributed by atoms with Crippen molar-refractivity contribution in [1.82, 2.24) is 14.9 Å². The van der Waals surface area contributed by atoms with Gasteiger partial charge in [0.15, 0.2) is 0 Å². The van der Waals surface area contributed by atoms with Gasteiger partial charge in [-0.05, 0) is 42.3 Å². The van der Waals surface area contributed by atoms with Gasteiger partial charge >= 0.3 is 6.03 Å². The molecule has 1 aromatic heterocycles. The van der Waals surface area contributed by atoms with E-state index in [0.29, 0.717) is 11.4 Å². The first-order valence-corrected chi connectivity index (χ1v) is 8.02. The van der Waals surface area contributed by atoms with Gasteiger partial charge in [0.1, 0.15) is 5.82 Å². The number of hydrogen-bond acceptors (Lipinski definition) is 2. The summed E-state index contributed by atoms with van der Waals surface area (Å²) in [5.41, 5.74) is 2.68. The molecular formula is C16H11BrClN3O. The van der Waals surface area contributed by atoms with E-state index in [1.54, 1.807) is 16.7 Å². The summed E-state index contributed by atoms with van der Waals surface area (Å²) in [6.07, 6.45) is 0.704. The number of benzene rings is 2. The van der Waals surface area contributed by atoms with Crippen LogP contribution in [0.3, 0.4) is 0 Å². The van der Waals surface area contributed by atoms with Crippen LogP contribution in [-0.4, -0.2) is 15.6 Å². The van der Waals surface area contributed by atoms with E-state index in [-0.39, 0.29) is 12.1 Å². The third-order valence-electron chi connectivity index (χ3n) is 3.81. The van der Waals surface area contributed by atoms with Gasteiger partial charge in [0.25, 0.3) is 0 Å². The van der Waals surface area contributed by atoms with Crippen molar-refractivity contribution in [3.05, 3.63) is 63.3 Å². The number of hydrogen-bond donors (Lipinski definition) is 1. The summed E-state index contributed by atoms with van der Waals surface area (Å²) in [4.78, 5) is 16.8. The monoisotopic (exact) mass is 375 g/mol. The molecule has 3 aromatic rings. The lowest BCUT2D eigenvalue weighted by atomic mass is 10.1. The van der Waals surface area contributed by atoms with Gasteiger partial charge in [-0.3, -0.25) is 0 Å². The van der Waals surface area contributed by atoms with Crippen LogP contribution in [0.25, 0.3) is 11.0 Å². The Morgan fingerprint density at radius 3 is 2.77 bits per heavy atom. The van der Waals surface area contributed by atoms with Gasteiger partial charge in [-0.25, -0.2) is 14.3 Å². The van der Waals surface area contributed by atoms with E-state index in [2.05, 4.69) is 26.2 Å². The zero-order chi connectivity index (χ0) is 15.3. The maximum absolute atomic E-state index is 12.3. The fraction of sp³-hybridized carbons (Fsp3) is 0.125. The number of rotatable bonds is 2. The molecule has 0 saturated heterocycles. The van der Waals surface area contributed by atoms with E-state index in [9.17, 15) is 4.79 Å². The topological polar surface area (TPSA) is 46.9 Å². The molecule has 4 nitrogen and oxygen atoms in total. The summed E-state index contributed by atoms with van der Waals surface area (Å²) >= 11 is 9.43. The first-order valence-electron chi connectivity index (χ1n) is 6.85. The van der Waals surface area contributed by atoms with E-state index >= 15 is 0 Å². The summed E-state index contributed by atoms with van der Waals surface area (Å²) in [5, 5.41) is 3.61. The van der Waals surface area contributed by atoms with Crippen LogP contribution in [-0.2, 0) is 6.42 Å². The maximum atomic E-state index is 12.3. The van der Waals surface area contributed by atoms with Crippen LogP contribution in [0.5, 0.6) is 0 Å². The van der Waals surface area contributed by atoms with Crippen molar-refractivity contribution in [2.24, 2.45) is 0 Å². The lowest BCUT2D eigenvalue weighted by Gasteiger charge is -2.09. The summed E-state index contributed by atoms with van der Waals surface area (Å²) in [7, 11) is 0. The van der Waals surface area contributed by atoms with E-state index in [1.165, 1.54) is 0 Å². The molecule has 4 rings (SSSR count). The summed E-state index contributed by atoms with van der Waals surface area (Å²) in [6.45, 7) is 0. The molecule has 2 heterocycles. The highest BCUT2D eigenvalue weighted by atomic mass is 79.9. The van der Waals surface area contributed by atoms with Gasteiger partial charge in [-0.15, -0.1) is 0 Å². The molecule has 1 amide bonds. The van der Waals surface area contributed by atoms with E-state index in [1.807, 2.05) is 30.3 Å². The van der Waals surface area contributed by atoms with Crippen LogP contribution >= 0.6 is 27.5 Å². The second-order valence-electron chi connectivity index (χ2n) is 5.27. The van der Waals surface area contributed by atoms with Crippen molar-refractivity contribution < 1.29 is 4.79 Å². The van der Waals surface area contributed by atoms with E-state index in [4.69, 9.17) is 11.6 Å². The molecule has 0 fully saturated rings. The van der Waals surface area contributed by atoms with Gasteiger partial charge in [0.05, 0.1) is 17.1 Å². The maximum Gasteiger partial charge on any atom is 0.328 e. The van der Waals surface area contributed by atoms with Crippen LogP contribution in [0.1, 0.15) is 17.4 Å². The lowest BCUT2D eigenvalue weighted by molar-refractivity contribution is 0.245. The average Bonchev–Trinajstić information content (AvgIpc) is 3.00. The Morgan fingerprint density at radius 2 is 2.00 bits per heavy atom. The number of halogens is 2. The van der Waals surface area contributed by atoms with Crippen LogP contribution in [0.4, 0.5) is 4.79 Å². The lowest BCUT2D eigenvalue weighted by Crippen LogP contribution is -2.22. The van der Waals surface area contributed by atoms with Crippen molar-refractivity contribution in [2.75, 3.05) is 0 Å². The molecule has 0 bridgehead atoms. The Labute approximate surface area is 140 Å². The quantitative estimate of drug-likeness (QED) is 0.724. The SMILES string of the molecule is O=C1NC(Cc2ccc(Br)cc2)c2nc3cc(Cl)ccc3n21. The molecule has 1 atom stereocenters. The van der Waals surface area contributed by atoms with Crippen molar-refractivity contribution in [1.29, 1.82) is 0 Å². The average molecular weight is 377 g/mol. The minimum Gasteiger partial charge on any atom is -0.327 e. The second-order valence-corrected chi connectivity index (χ2v) is 6.62. The molecule has 1 aliphatic rings. The van der Waals surface area contributed by atoms with Crippen molar-refractivity contribution in [3.8, 4) is 0 Å². The molecule has 1 N–H and O–H groups in total. The second kappa shape index (κ2) is 5.11. The Bertz CT molecular complexity index is 888. The van der Waals surface area contributed by atoms with Crippen molar-refractivity contribution in [2.45, 2.75) is 12.5 Å². The third kappa shape index (κ3) is 2.21. The molecule has 0 radical (unpaired) electrons. The first-order chi connectivity index (χ1) is 10.6. The van der Waals surface area contributed by atoms with Crippen LogP contribution in [0.15, 0.2) is 46.9 Å². The molecule has 0 saturated carbocycles. The molecular weight excluding hydrogens is 366 g/mol. The number of amides is 1. The fourth-order valence-corrected chi connectivity index (χ4v) is 3.23. The largest absolute Gasteiger partial charge is 0.328 e. The van der Waals surface area contributed by atoms with Crippen LogP contribution in [0, 0.1) is 0 Å². The minimum absolute atomic E-state index is 0.125. The van der Waals surface area contributed by atoms with Crippen LogP contribution in [0.2, 0.25) is 5.02 Å². The number of carbonyl (C=O) groups is 1. The number of carbonyl (C=O) groups excluding carboxylic acids is 1. The number of aromatic nitrogens is 2. The van der Waals surface area contributed by atoms with Crippen molar-refractivity contribution >= 4 is 44.6 Å². The Kier molecular flexibility index (Phi) is 3.20. The van der Waals surface area contributed by atoms with E-state index < -0.39 is 0 Å². The molecule has 1 aliphatic heterocycles.